The van der Waals surface area contributed by atoms with Crippen LogP contribution < -0.4 is 5.32 Å². The fourth-order valence-corrected chi connectivity index (χ4v) is 4.40. The van der Waals surface area contributed by atoms with Gasteiger partial charge in [0.1, 0.15) is 0 Å². The molecule has 0 spiro atoms. The van der Waals surface area contributed by atoms with Crippen LogP contribution in [0.2, 0.25) is 0 Å². The lowest BCUT2D eigenvalue weighted by atomic mass is 10.0. The summed E-state index contributed by atoms with van der Waals surface area (Å²) in [5, 5.41) is 7.35. The van der Waals surface area contributed by atoms with Crippen molar-refractivity contribution < 1.29 is 4.79 Å². The summed E-state index contributed by atoms with van der Waals surface area (Å²) in [6, 6.07) is 8.24. The summed E-state index contributed by atoms with van der Waals surface area (Å²) in [5.74, 6) is 0.765. The Morgan fingerprint density at radius 2 is 2.03 bits per heavy atom. The average molecular weight is 446 g/mol. The number of anilines is 2. The van der Waals surface area contributed by atoms with Gasteiger partial charge in [0.2, 0.25) is 11.9 Å². The van der Waals surface area contributed by atoms with E-state index >= 15 is 0 Å². The van der Waals surface area contributed by atoms with E-state index in [-0.39, 0.29) is 5.91 Å². The zero-order valence-electron chi connectivity index (χ0n) is 19.6. The number of hydrogen-bond acceptors (Lipinski definition) is 6. The molecule has 1 saturated heterocycles. The molecule has 2 aromatic heterocycles. The molecule has 0 unspecified atom stereocenters. The van der Waals surface area contributed by atoms with Crippen LogP contribution in [0.1, 0.15) is 30.9 Å². The Labute approximate surface area is 194 Å². The zero-order valence-corrected chi connectivity index (χ0v) is 19.6. The van der Waals surface area contributed by atoms with Crippen LogP contribution in [0.4, 0.5) is 11.6 Å². The van der Waals surface area contributed by atoms with Crippen molar-refractivity contribution in [2.45, 2.75) is 33.2 Å². The Morgan fingerprint density at radius 3 is 2.73 bits per heavy atom. The smallest absolute Gasteiger partial charge is 0.237 e. The molecule has 8 heteroatoms. The number of amides is 1. The number of nitrogens with one attached hydrogen (secondary N) is 1. The third-order valence-electron chi connectivity index (χ3n) is 6.72. The predicted octanol–water partition coefficient (Wildman–Crippen LogP) is 3.37. The van der Waals surface area contributed by atoms with E-state index in [9.17, 15) is 4.79 Å². The largest absolute Gasteiger partial charge is 0.336 e. The van der Waals surface area contributed by atoms with Gasteiger partial charge in [0.05, 0.1) is 24.1 Å². The Balaban J connectivity index is 1.24. The summed E-state index contributed by atoms with van der Waals surface area (Å²) in [7, 11) is 1.87. The number of rotatable bonds is 7. The number of aromatic nitrogens is 4. The molecule has 3 aromatic rings. The lowest BCUT2D eigenvalue weighted by molar-refractivity contribution is -0.136. The van der Waals surface area contributed by atoms with Crippen molar-refractivity contribution in [3.05, 3.63) is 54.0 Å². The second-order valence-corrected chi connectivity index (χ2v) is 9.77. The zero-order chi connectivity index (χ0) is 23.0. The van der Waals surface area contributed by atoms with Crippen molar-refractivity contribution in [2.75, 3.05) is 31.5 Å². The number of benzene rings is 1. The first kappa shape index (κ1) is 21.6. The van der Waals surface area contributed by atoms with Gasteiger partial charge in [-0.05, 0) is 48.4 Å². The summed E-state index contributed by atoms with van der Waals surface area (Å²) < 4.78 is 1.73. The Morgan fingerprint density at radius 1 is 1.18 bits per heavy atom. The van der Waals surface area contributed by atoms with Gasteiger partial charge in [-0.15, -0.1) is 0 Å². The SMILES string of the molecule is Cc1cc(-c2ccnc(Nc3cnn(C)c3)n2)ccc1CN1CCN(CC2(C)CC2)CC1=O. The minimum Gasteiger partial charge on any atom is -0.336 e. The summed E-state index contributed by atoms with van der Waals surface area (Å²) in [4.78, 5) is 26.1. The maximum atomic E-state index is 12.8. The molecule has 5 rings (SSSR count). The predicted molar refractivity (Wildman–Crippen MR) is 128 cm³/mol. The van der Waals surface area contributed by atoms with Crippen LogP contribution >= 0.6 is 0 Å². The van der Waals surface area contributed by atoms with Gasteiger partial charge in [0.15, 0.2) is 0 Å². The maximum absolute atomic E-state index is 12.8. The third kappa shape index (κ3) is 5.06. The molecule has 2 fully saturated rings. The van der Waals surface area contributed by atoms with Crippen molar-refractivity contribution >= 4 is 17.5 Å². The van der Waals surface area contributed by atoms with Gasteiger partial charge in [-0.3, -0.25) is 14.4 Å². The molecule has 1 aromatic carbocycles. The molecule has 0 radical (unpaired) electrons. The lowest BCUT2D eigenvalue weighted by Crippen LogP contribution is -2.51. The number of nitrogens with zero attached hydrogens (tertiary/aromatic N) is 6. The minimum atomic E-state index is 0.232. The summed E-state index contributed by atoms with van der Waals surface area (Å²) in [6.07, 6.45) is 7.95. The van der Waals surface area contributed by atoms with E-state index in [2.05, 4.69) is 57.3 Å². The summed E-state index contributed by atoms with van der Waals surface area (Å²) in [5.41, 5.74) is 5.51. The van der Waals surface area contributed by atoms with Crippen molar-refractivity contribution in [2.24, 2.45) is 12.5 Å². The van der Waals surface area contributed by atoms with Crippen molar-refractivity contribution in [1.29, 1.82) is 0 Å². The number of aryl methyl sites for hydroxylation is 2. The first-order valence-corrected chi connectivity index (χ1v) is 11.6. The van der Waals surface area contributed by atoms with E-state index < -0.39 is 0 Å². The first-order chi connectivity index (χ1) is 15.9. The minimum absolute atomic E-state index is 0.232. The monoisotopic (exact) mass is 445 g/mol. The van der Waals surface area contributed by atoms with Gasteiger partial charge < -0.3 is 10.2 Å². The van der Waals surface area contributed by atoms with Crippen molar-refractivity contribution in [1.82, 2.24) is 29.5 Å². The molecule has 1 aliphatic carbocycles. The molecule has 0 atom stereocenters. The molecule has 3 heterocycles. The number of carbonyl (C=O) groups excluding carboxylic acids is 1. The molecule has 33 heavy (non-hydrogen) atoms. The van der Waals surface area contributed by atoms with Gasteiger partial charge in [-0.25, -0.2) is 9.97 Å². The highest BCUT2D eigenvalue weighted by atomic mass is 16.2. The highest BCUT2D eigenvalue weighted by Gasteiger charge is 2.40. The molecule has 8 nitrogen and oxygen atoms in total. The van der Waals surface area contributed by atoms with Gasteiger partial charge in [-0.1, -0.05) is 19.1 Å². The fraction of sp³-hybridized carbons (Fsp3) is 0.440. The number of piperazine rings is 1. The van der Waals surface area contributed by atoms with Crippen LogP contribution in [-0.4, -0.2) is 61.6 Å². The van der Waals surface area contributed by atoms with Crippen LogP contribution in [0.25, 0.3) is 11.3 Å². The highest BCUT2D eigenvalue weighted by molar-refractivity contribution is 5.79. The van der Waals surface area contributed by atoms with Gasteiger partial charge in [0.25, 0.3) is 0 Å². The molecule has 0 bridgehead atoms. The molecular formula is C25H31N7O. The first-order valence-electron chi connectivity index (χ1n) is 11.6. The molecule has 1 N–H and O–H groups in total. The molecule has 1 saturated carbocycles. The van der Waals surface area contributed by atoms with Crippen LogP contribution in [0.15, 0.2) is 42.9 Å². The Bertz CT molecular complexity index is 1170. The third-order valence-corrected chi connectivity index (χ3v) is 6.72. The topological polar surface area (TPSA) is 79.2 Å². The van der Waals surface area contributed by atoms with Crippen LogP contribution in [-0.2, 0) is 18.4 Å². The summed E-state index contributed by atoms with van der Waals surface area (Å²) >= 11 is 0. The average Bonchev–Trinajstić information content (AvgIpc) is 3.37. The van der Waals surface area contributed by atoms with Crippen LogP contribution in [0.3, 0.4) is 0 Å². The second-order valence-electron chi connectivity index (χ2n) is 9.77. The van der Waals surface area contributed by atoms with Crippen LogP contribution in [0.5, 0.6) is 0 Å². The van der Waals surface area contributed by atoms with E-state index in [1.807, 2.05) is 24.2 Å². The van der Waals surface area contributed by atoms with Gasteiger partial charge in [-0.2, -0.15) is 5.10 Å². The second kappa shape index (κ2) is 8.59. The van der Waals surface area contributed by atoms with Gasteiger partial charge >= 0.3 is 0 Å². The number of carbonyl (C=O) groups is 1. The van der Waals surface area contributed by atoms with Crippen molar-refractivity contribution in [3.63, 3.8) is 0 Å². The van der Waals surface area contributed by atoms with E-state index in [0.29, 0.717) is 24.5 Å². The fourth-order valence-electron chi connectivity index (χ4n) is 4.40. The summed E-state index contributed by atoms with van der Waals surface area (Å²) in [6.45, 7) is 8.44. The van der Waals surface area contributed by atoms with E-state index in [1.54, 1.807) is 17.1 Å². The van der Waals surface area contributed by atoms with Gasteiger partial charge in [0, 0.05) is 51.2 Å². The number of hydrogen-bond donors (Lipinski definition) is 1. The van der Waals surface area contributed by atoms with E-state index in [0.717, 1.165) is 42.1 Å². The maximum Gasteiger partial charge on any atom is 0.237 e. The Hall–Kier alpha value is -3.26. The molecule has 2 aliphatic rings. The van der Waals surface area contributed by atoms with E-state index in [4.69, 9.17) is 0 Å². The molecular weight excluding hydrogens is 414 g/mol. The Kier molecular flexibility index (Phi) is 5.62. The highest BCUT2D eigenvalue weighted by Crippen LogP contribution is 2.45. The van der Waals surface area contributed by atoms with Crippen LogP contribution in [0, 0.1) is 12.3 Å². The quantitative estimate of drug-likeness (QED) is 0.601. The normalized spacial score (nSPS) is 17.9. The van der Waals surface area contributed by atoms with E-state index in [1.165, 1.54) is 18.4 Å². The standard InChI is InChI=1S/C25H31N7O/c1-18-12-19(22-6-9-26-24(29-22)28-21-13-27-30(3)15-21)4-5-20(18)14-32-11-10-31(16-23(32)33)17-25(2)7-8-25/h4-6,9,12-13,15H,7-8,10-11,14,16-17H2,1-3H3,(H,26,28,29). The molecule has 1 aliphatic heterocycles. The molecule has 172 valence electrons. The molecule has 1 amide bonds. The lowest BCUT2D eigenvalue weighted by Gasteiger charge is -2.36. The van der Waals surface area contributed by atoms with Crippen molar-refractivity contribution in [3.8, 4) is 11.3 Å².